The van der Waals surface area contributed by atoms with E-state index in [1.807, 2.05) is 48.1 Å². The van der Waals surface area contributed by atoms with E-state index in [1.54, 1.807) is 21.1 Å². The topological polar surface area (TPSA) is 271 Å². The maximum atomic E-state index is 13.4. The van der Waals surface area contributed by atoms with Crippen LogP contribution in [0.2, 0.25) is 0 Å². The first-order valence-electron chi connectivity index (χ1n) is 26.2. The summed E-state index contributed by atoms with van der Waals surface area (Å²) in [5.41, 5.74) is 3.54. The normalized spacial score (nSPS) is 23.1. The number of carbonyl (C=O) groups is 6. The Labute approximate surface area is 464 Å². The summed E-state index contributed by atoms with van der Waals surface area (Å²) in [6.45, 7) is 8.54. The number of pyridine rings is 1. The monoisotopic (exact) mass is 1170 g/mol. The summed E-state index contributed by atoms with van der Waals surface area (Å²) in [5.74, 6) is -2.30. The molecule has 1 aromatic carbocycles. The van der Waals surface area contributed by atoms with E-state index in [1.165, 1.54) is 12.1 Å². The Kier molecular flexibility index (Phi) is 22.8. The number of hydroxylamine groups is 2. The van der Waals surface area contributed by atoms with E-state index in [2.05, 4.69) is 49.8 Å². The Morgan fingerprint density at radius 2 is 1.59 bits per heavy atom. The van der Waals surface area contributed by atoms with Gasteiger partial charge in [-0.05, 0) is 115 Å². The van der Waals surface area contributed by atoms with Gasteiger partial charge in [-0.15, -0.1) is 5.06 Å². The molecule has 3 unspecified atom stereocenters. The molecular formula is C54H73BrN7O15S+. The highest BCUT2D eigenvalue weighted by atomic mass is 79.9. The average molecular weight is 1170 g/mol. The van der Waals surface area contributed by atoms with Crippen LogP contribution in [-0.4, -0.2) is 152 Å². The zero-order valence-corrected chi connectivity index (χ0v) is 47.5. The molecule has 5 heterocycles. The van der Waals surface area contributed by atoms with Gasteiger partial charge < -0.3 is 49.4 Å². The second-order valence-corrected chi connectivity index (χ2v) is 22.0. The molecule has 4 aliphatic heterocycles. The van der Waals surface area contributed by atoms with Crippen LogP contribution in [0.25, 0.3) is 0 Å². The molecule has 1 aromatic heterocycles. The lowest BCUT2D eigenvalue weighted by molar-refractivity contribution is -0.686. The minimum absolute atomic E-state index is 0.0185. The standard InChI is InChI=1S/C54H72BrN7O15S/c1-37-33-39(78(69,70)71)35-40-50(37)61-24-32-76-25-16-45(63)56-21-10-9-11-42(52(68)57-22-30-74-27-18-49(67)77-62-47(65)14-15-48(62)66)58-46(64)17-26-75-31-23-60-36-38(55)34-41-51(60)59-43(53(41,2)19-28-72-4)12-7-6-8-13-44(61)54(40,3)20-29-73-5/h6-8,12-13,33-36,42H,9-11,14-32H2,1-5H3,(H3-,56,57,58,63,64,68,69,70,71)/p+1. The Bertz CT molecular complexity index is 2750. The number of aryl methyl sites for hydroxylation is 1. The van der Waals surface area contributed by atoms with Gasteiger partial charge in [-0.1, -0.05) is 18.2 Å². The first-order chi connectivity index (χ1) is 37.3. The van der Waals surface area contributed by atoms with E-state index < -0.39 is 56.6 Å². The van der Waals surface area contributed by atoms with E-state index in [0.29, 0.717) is 74.7 Å². The van der Waals surface area contributed by atoms with Crippen molar-refractivity contribution in [1.82, 2.24) is 21.0 Å². The molecule has 6 rings (SSSR count). The van der Waals surface area contributed by atoms with Crippen LogP contribution in [0, 0.1) is 6.92 Å². The first kappa shape index (κ1) is 61.5. The fraction of sp³-hybridized carbons (Fsp3) is 0.556. The molecule has 4 aliphatic rings. The zero-order chi connectivity index (χ0) is 56.5. The highest BCUT2D eigenvalue weighted by Crippen LogP contribution is 2.52. The molecule has 4 N–H and O–H groups in total. The van der Waals surface area contributed by atoms with Crippen molar-refractivity contribution in [2.24, 2.45) is 4.99 Å². The van der Waals surface area contributed by atoms with Gasteiger partial charge in [0.05, 0.1) is 66.4 Å². The number of rotatable bonds is 15. The van der Waals surface area contributed by atoms with E-state index in [9.17, 15) is 41.7 Å². The van der Waals surface area contributed by atoms with Crippen LogP contribution in [0.5, 0.6) is 0 Å². The van der Waals surface area contributed by atoms with Crippen LogP contribution in [0.3, 0.4) is 0 Å². The molecule has 1 fully saturated rings. The molecule has 2 aromatic rings. The Morgan fingerprint density at radius 1 is 0.885 bits per heavy atom. The van der Waals surface area contributed by atoms with E-state index >= 15 is 0 Å². The highest BCUT2D eigenvalue weighted by Gasteiger charge is 2.47. The number of anilines is 1. The summed E-state index contributed by atoms with van der Waals surface area (Å²) in [4.78, 5) is 87.2. The van der Waals surface area contributed by atoms with Gasteiger partial charge in [0, 0.05) is 89.6 Å². The van der Waals surface area contributed by atoms with Gasteiger partial charge in [0.15, 0.2) is 5.71 Å². The maximum Gasteiger partial charge on any atom is 0.335 e. The summed E-state index contributed by atoms with van der Waals surface area (Å²) < 4.78 is 66.7. The third kappa shape index (κ3) is 16.2. The summed E-state index contributed by atoms with van der Waals surface area (Å²) >= 11 is 3.71. The molecule has 0 saturated carbocycles. The molecule has 426 valence electrons. The van der Waals surface area contributed by atoms with Crippen LogP contribution in [0.1, 0.15) is 94.7 Å². The molecule has 2 bridgehead atoms. The number of amides is 5. The number of aromatic nitrogens is 1. The van der Waals surface area contributed by atoms with Crippen molar-refractivity contribution < 1.29 is 74.8 Å². The van der Waals surface area contributed by atoms with Crippen molar-refractivity contribution in [1.29, 1.82) is 0 Å². The Balaban J connectivity index is 1.18. The van der Waals surface area contributed by atoms with Gasteiger partial charge in [-0.2, -0.15) is 8.42 Å². The molecule has 0 aliphatic carbocycles. The van der Waals surface area contributed by atoms with Crippen LogP contribution in [0.15, 0.2) is 74.8 Å². The third-order valence-corrected chi connectivity index (χ3v) is 15.3. The van der Waals surface area contributed by atoms with Crippen molar-refractivity contribution in [3.63, 3.8) is 0 Å². The number of aliphatic imine (C=N–C) groups is 1. The molecule has 3 atom stereocenters. The fourth-order valence-corrected chi connectivity index (χ4v) is 10.8. The largest absolute Gasteiger partial charge is 0.385 e. The molecule has 0 radical (unpaired) electrons. The number of hydrogen-bond acceptors (Lipinski definition) is 16. The number of imide groups is 1. The predicted molar refractivity (Wildman–Crippen MR) is 289 cm³/mol. The minimum Gasteiger partial charge on any atom is -0.385 e. The van der Waals surface area contributed by atoms with Crippen LogP contribution in [-0.2, 0) is 84.8 Å². The van der Waals surface area contributed by atoms with Crippen molar-refractivity contribution >= 4 is 78.8 Å². The van der Waals surface area contributed by atoms with E-state index in [-0.39, 0.29) is 95.5 Å². The lowest BCUT2D eigenvalue weighted by atomic mass is 9.77. The number of hydrogen-bond donors (Lipinski definition) is 4. The number of fused-ring (bicyclic) bond motifs is 3. The second kappa shape index (κ2) is 28.9. The summed E-state index contributed by atoms with van der Waals surface area (Å²) in [6.07, 6.45) is 13.8. The number of nitrogens with one attached hydrogen (secondary N) is 3. The van der Waals surface area contributed by atoms with Gasteiger partial charge >= 0.3 is 11.8 Å². The van der Waals surface area contributed by atoms with Gasteiger partial charge in [0.1, 0.15) is 18.8 Å². The predicted octanol–water partition coefficient (Wildman–Crippen LogP) is 4.21. The number of allylic oxidation sites excluding steroid dienone is 6. The average Bonchev–Trinajstić information content (AvgIpc) is 4.03. The smallest absolute Gasteiger partial charge is 0.335 e. The van der Waals surface area contributed by atoms with Crippen LogP contribution >= 0.6 is 15.9 Å². The van der Waals surface area contributed by atoms with Gasteiger partial charge in [-0.3, -0.25) is 28.5 Å². The second-order valence-electron chi connectivity index (χ2n) is 19.7. The molecular weight excluding hydrogens is 1100 g/mol. The quantitative estimate of drug-likeness (QED) is 0.0842. The molecule has 78 heavy (non-hydrogen) atoms. The lowest BCUT2D eigenvalue weighted by Gasteiger charge is -2.30. The molecule has 5 amide bonds. The fourth-order valence-electron chi connectivity index (χ4n) is 9.74. The maximum absolute atomic E-state index is 13.4. The highest BCUT2D eigenvalue weighted by molar-refractivity contribution is 9.10. The van der Waals surface area contributed by atoms with Gasteiger partial charge in [0.2, 0.25) is 17.7 Å². The van der Waals surface area contributed by atoms with Crippen molar-refractivity contribution in [2.45, 2.75) is 113 Å². The molecule has 0 spiro atoms. The van der Waals surface area contributed by atoms with Crippen molar-refractivity contribution in [3.8, 4) is 0 Å². The minimum atomic E-state index is -4.54. The first-order valence-corrected chi connectivity index (χ1v) is 28.4. The Morgan fingerprint density at radius 3 is 2.31 bits per heavy atom. The number of carbonyl (C=O) groups excluding carboxylic acids is 6. The third-order valence-electron chi connectivity index (χ3n) is 14.1. The molecule has 24 heteroatoms. The number of halogens is 1. The van der Waals surface area contributed by atoms with E-state index in [0.717, 1.165) is 33.0 Å². The number of ether oxygens (including phenoxy) is 5. The summed E-state index contributed by atoms with van der Waals surface area (Å²) in [5, 5.41) is 8.94. The van der Waals surface area contributed by atoms with Crippen molar-refractivity contribution in [3.05, 3.63) is 81.6 Å². The van der Waals surface area contributed by atoms with Crippen molar-refractivity contribution in [2.75, 3.05) is 91.6 Å². The van der Waals surface area contributed by atoms with Crippen LogP contribution < -0.4 is 25.4 Å². The molecule has 1 saturated heterocycles. The summed E-state index contributed by atoms with van der Waals surface area (Å²) in [7, 11) is -1.27. The lowest BCUT2D eigenvalue weighted by Crippen LogP contribution is -2.47. The summed E-state index contributed by atoms with van der Waals surface area (Å²) in [6, 6.07) is 4.13. The van der Waals surface area contributed by atoms with E-state index in [4.69, 9.17) is 33.5 Å². The van der Waals surface area contributed by atoms with Gasteiger partial charge in [0.25, 0.3) is 21.9 Å². The zero-order valence-electron chi connectivity index (χ0n) is 45.1. The Hall–Kier alpha value is -5.73. The number of benzene rings is 1. The number of methoxy groups -OCH3 is 2. The van der Waals surface area contributed by atoms with Crippen LogP contribution in [0.4, 0.5) is 11.5 Å². The molecule has 22 nitrogen and oxygen atoms in total. The number of nitrogens with zero attached hydrogens (tertiary/aromatic N) is 4. The SMILES string of the molecule is COCCC1(C)C2=C/C=C/C=C/C3=Nc4c(cc(Br)c[n+]4CCOCCC(=O)NC(C(=O)NCCOCCC(=O)ON4C(=O)CCC4=O)CCCCNC(=O)CCOCCN2c2c(C)cc(S(=O)(=O)O)cc21)C3(C)CCOC. The van der Waals surface area contributed by atoms with Gasteiger partial charge in [-0.25, -0.2) is 9.36 Å².